The molecule has 1 aliphatic heterocycles. The van der Waals surface area contributed by atoms with E-state index in [0.29, 0.717) is 0 Å². The third-order valence-electron chi connectivity index (χ3n) is 2.85. The lowest BCUT2D eigenvalue weighted by molar-refractivity contribution is -0.159. The van der Waals surface area contributed by atoms with Crippen molar-refractivity contribution in [2.45, 2.75) is 17.9 Å². The average molecular weight is 357 g/mol. The Hall–Kier alpha value is -1.71. The van der Waals surface area contributed by atoms with Crippen LogP contribution in [-0.4, -0.2) is 61.7 Å². The van der Waals surface area contributed by atoms with Crippen molar-refractivity contribution in [2.75, 3.05) is 25.9 Å². The van der Waals surface area contributed by atoms with E-state index in [1.165, 1.54) is 17.3 Å². The quantitative estimate of drug-likeness (QED) is 0.357. The van der Waals surface area contributed by atoms with Crippen LogP contribution in [0.25, 0.3) is 5.57 Å². The molecule has 0 aliphatic carbocycles. The van der Waals surface area contributed by atoms with Gasteiger partial charge < -0.3 is 15.1 Å². The monoisotopic (exact) mass is 357 g/mol. The molecule has 2 rings (SSSR count). The fraction of sp³-hybridized carbons (Fsp3) is 0.429. The lowest BCUT2D eigenvalue weighted by Gasteiger charge is -2.22. The molecule has 2 heterocycles. The van der Waals surface area contributed by atoms with Crippen molar-refractivity contribution in [3.63, 3.8) is 0 Å². The van der Waals surface area contributed by atoms with Gasteiger partial charge >= 0.3 is 11.9 Å². The number of hydrogen-bond acceptors (Lipinski definition) is 7. The number of thioether (sulfide) groups is 1. The minimum Gasteiger partial charge on any atom is -0.473 e. The first-order chi connectivity index (χ1) is 11.0. The Bertz CT molecular complexity index is 574. The Morgan fingerprint density at radius 3 is 2.70 bits per heavy atom. The standard InChI is InChI=1S/C12H17N3S2.C2H2O4/c1-3-4-8-16-12-11(13-17-14-12)10-6-5-7-15(2)9-10;3-1(4)2(5)6/h3,6H,1,4-5,7-9H2,2H3;(H,3,4)(H,5,6). The molecule has 1 aromatic rings. The van der Waals surface area contributed by atoms with Gasteiger partial charge in [0.1, 0.15) is 10.7 Å². The number of likely N-dealkylation sites (N-methyl/N-ethyl adjacent to an activating group) is 1. The van der Waals surface area contributed by atoms with Crippen molar-refractivity contribution >= 4 is 41.0 Å². The summed E-state index contributed by atoms with van der Waals surface area (Å²) in [7, 11) is 2.15. The summed E-state index contributed by atoms with van der Waals surface area (Å²) in [5.41, 5.74) is 2.42. The summed E-state index contributed by atoms with van der Waals surface area (Å²) >= 11 is 3.09. The fourth-order valence-corrected chi connectivity index (χ4v) is 3.42. The maximum absolute atomic E-state index is 9.10. The Labute approximate surface area is 143 Å². The summed E-state index contributed by atoms with van der Waals surface area (Å²) in [6.45, 7) is 5.86. The number of aliphatic carboxylic acids is 2. The first kappa shape index (κ1) is 19.3. The molecule has 0 bridgehead atoms. The third-order valence-corrected chi connectivity index (χ3v) is 4.49. The third kappa shape index (κ3) is 6.93. The minimum atomic E-state index is -1.82. The van der Waals surface area contributed by atoms with Gasteiger partial charge in [0.25, 0.3) is 0 Å². The van der Waals surface area contributed by atoms with Gasteiger partial charge in [0.05, 0.1) is 11.7 Å². The normalized spacial score (nSPS) is 14.4. The highest BCUT2D eigenvalue weighted by atomic mass is 32.2. The van der Waals surface area contributed by atoms with Crippen LogP contribution >= 0.6 is 23.5 Å². The van der Waals surface area contributed by atoms with Crippen LogP contribution in [0.3, 0.4) is 0 Å². The average Bonchev–Trinajstić information content (AvgIpc) is 2.96. The van der Waals surface area contributed by atoms with Crippen LogP contribution < -0.4 is 0 Å². The Morgan fingerprint density at radius 1 is 1.43 bits per heavy atom. The Balaban J connectivity index is 0.000000379. The lowest BCUT2D eigenvalue weighted by atomic mass is 10.1. The molecule has 0 saturated carbocycles. The van der Waals surface area contributed by atoms with E-state index >= 15 is 0 Å². The molecule has 0 spiro atoms. The molecule has 23 heavy (non-hydrogen) atoms. The molecule has 7 nitrogen and oxygen atoms in total. The highest BCUT2D eigenvalue weighted by Gasteiger charge is 2.17. The largest absolute Gasteiger partial charge is 0.473 e. The first-order valence-corrected chi connectivity index (χ1v) is 8.57. The van der Waals surface area contributed by atoms with Gasteiger partial charge in [-0.15, -0.1) is 18.3 Å². The fourth-order valence-electron chi connectivity index (χ4n) is 1.78. The van der Waals surface area contributed by atoms with E-state index in [1.54, 1.807) is 11.8 Å². The number of aromatic nitrogens is 2. The van der Waals surface area contributed by atoms with E-state index in [0.717, 1.165) is 42.4 Å². The number of allylic oxidation sites excluding steroid dienone is 1. The van der Waals surface area contributed by atoms with Crippen molar-refractivity contribution in [2.24, 2.45) is 0 Å². The Kier molecular flexibility index (Phi) is 8.52. The van der Waals surface area contributed by atoms with Gasteiger partial charge in [-0.2, -0.15) is 8.75 Å². The van der Waals surface area contributed by atoms with E-state index < -0.39 is 11.9 Å². The molecule has 0 unspecified atom stereocenters. The van der Waals surface area contributed by atoms with Crippen molar-refractivity contribution in [3.05, 3.63) is 24.4 Å². The summed E-state index contributed by atoms with van der Waals surface area (Å²) in [4.78, 5) is 20.5. The SMILES string of the molecule is C=CCCSc1nsnc1C1=CCCN(C)C1.O=C(O)C(=O)O. The van der Waals surface area contributed by atoms with Gasteiger partial charge in [-0.1, -0.05) is 12.2 Å². The van der Waals surface area contributed by atoms with E-state index in [2.05, 4.69) is 33.3 Å². The van der Waals surface area contributed by atoms with E-state index in [-0.39, 0.29) is 0 Å². The second-order valence-corrected chi connectivity index (χ2v) is 6.32. The molecule has 0 aromatic carbocycles. The topological polar surface area (TPSA) is 104 Å². The molecule has 1 aromatic heterocycles. The van der Waals surface area contributed by atoms with Crippen LogP contribution in [-0.2, 0) is 9.59 Å². The van der Waals surface area contributed by atoms with Gasteiger partial charge in [0, 0.05) is 18.8 Å². The maximum atomic E-state index is 9.10. The van der Waals surface area contributed by atoms with Crippen LogP contribution in [0.1, 0.15) is 18.5 Å². The van der Waals surface area contributed by atoms with E-state index in [9.17, 15) is 0 Å². The second kappa shape index (κ2) is 10.1. The van der Waals surface area contributed by atoms with Crippen molar-refractivity contribution in [1.82, 2.24) is 13.6 Å². The number of nitrogens with zero attached hydrogens (tertiary/aromatic N) is 3. The maximum Gasteiger partial charge on any atom is 0.414 e. The first-order valence-electron chi connectivity index (χ1n) is 6.86. The van der Waals surface area contributed by atoms with Crippen LogP contribution in [0, 0.1) is 0 Å². The predicted octanol–water partition coefficient (Wildman–Crippen LogP) is 2.08. The van der Waals surface area contributed by atoms with Gasteiger partial charge in [0.15, 0.2) is 0 Å². The molecule has 0 radical (unpaired) electrons. The molecule has 0 atom stereocenters. The number of hydrogen-bond donors (Lipinski definition) is 2. The number of carboxylic acids is 2. The lowest BCUT2D eigenvalue weighted by Crippen LogP contribution is -2.25. The molecule has 1 aliphatic rings. The Morgan fingerprint density at radius 2 is 2.13 bits per heavy atom. The van der Waals surface area contributed by atoms with Crippen LogP contribution in [0.4, 0.5) is 0 Å². The smallest absolute Gasteiger partial charge is 0.414 e. The molecule has 9 heteroatoms. The highest BCUT2D eigenvalue weighted by Crippen LogP contribution is 2.29. The molecular weight excluding hydrogens is 338 g/mol. The van der Waals surface area contributed by atoms with Gasteiger partial charge in [-0.25, -0.2) is 9.59 Å². The summed E-state index contributed by atoms with van der Waals surface area (Å²) < 4.78 is 8.83. The summed E-state index contributed by atoms with van der Waals surface area (Å²) in [6, 6.07) is 0. The summed E-state index contributed by atoms with van der Waals surface area (Å²) in [6.07, 6.45) is 6.37. The number of rotatable bonds is 5. The van der Waals surface area contributed by atoms with Gasteiger partial charge in [-0.05, 0) is 25.5 Å². The second-order valence-electron chi connectivity index (χ2n) is 4.71. The van der Waals surface area contributed by atoms with Crippen molar-refractivity contribution < 1.29 is 19.8 Å². The molecular formula is C14H19N3O4S2. The van der Waals surface area contributed by atoms with Crippen LogP contribution in [0.5, 0.6) is 0 Å². The summed E-state index contributed by atoms with van der Waals surface area (Å²) in [5, 5.41) is 15.9. The predicted molar refractivity (Wildman–Crippen MR) is 90.8 cm³/mol. The van der Waals surface area contributed by atoms with Crippen LogP contribution in [0.2, 0.25) is 0 Å². The van der Waals surface area contributed by atoms with Gasteiger partial charge in [-0.3, -0.25) is 0 Å². The zero-order chi connectivity index (χ0) is 17.2. The van der Waals surface area contributed by atoms with Crippen molar-refractivity contribution in [1.29, 1.82) is 0 Å². The molecule has 126 valence electrons. The zero-order valence-electron chi connectivity index (χ0n) is 12.8. The molecule has 0 saturated heterocycles. The highest BCUT2D eigenvalue weighted by molar-refractivity contribution is 7.99. The van der Waals surface area contributed by atoms with E-state index in [1.807, 2.05) is 6.08 Å². The van der Waals surface area contributed by atoms with Crippen molar-refractivity contribution in [3.8, 4) is 0 Å². The van der Waals surface area contributed by atoms with Gasteiger partial charge in [0.2, 0.25) is 0 Å². The van der Waals surface area contributed by atoms with E-state index in [4.69, 9.17) is 19.8 Å². The molecule has 2 N–H and O–H groups in total. The number of carbonyl (C=O) groups is 2. The zero-order valence-corrected chi connectivity index (χ0v) is 14.4. The molecule has 0 fully saturated rings. The number of carboxylic acid groups (broad SMARTS) is 2. The van der Waals surface area contributed by atoms with Crippen LogP contribution in [0.15, 0.2) is 23.8 Å². The summed E-state index contributed by atoms with van der Waals surface area (Å²) in [5.74, 6) is -2.62. The minimum absolute atomic E-state index is 0.987. The molecule has 0 amide bonds.